The van der Waals surface area contributed by atoms with E-state index in [1.165, 1.54) is 17.7 Å². The third kappa shape index (κ3) is 4.48. The van der Waals surface area contributed by atoms with Gasteiger partial charge in [0.15, 0.2) is 0 Å². The first kappa shape index (κ1) is 27.3. The highest BCUT2D eigenvalue weighted by molar-refractivity contribution is 5.83. The summed E-state index contributed by atoms with van der Waals surface area (Å²) in [4.78, 5) is 25.9. The highest BCUT2D eigenvalue weighted by Crippen LogP contribution is 2.72. The number of cyclic esters (lactones) is 1. The van der Waals surface area contributed by atoms with Gasteiger partial charge in [0.1, 0.15) is 24.4 Å². The Hall–Kier alpha value is -2.30. The summed E-state index contributed by atoms with van der Waals surface area (Å²) in [5, 5.41) is 19.9. The number of carbonyl (C=O) groups is 2. The quantitative estimate of drug-likeness (QED) is 0.314. The number of aliphatic hydroxyl groups is 2. The minimum absolute atomic E-state index is 0.0665. The van der Waals surface area contributed by atoms with E-state index in [1.807, 2.05) is 0 Å². The van der Waals surface area contributed by atoms with Gasteiger partial charge in [0, 0.05) is 24.0 Å². The van der Waals surface area contributed by atoms with Gasteiger partial charge in [-0.2, -0.15) is 0 Å². The number of hydrogen-bond donors (Lipinski definition) is 2. The van der Waals surface area contributed by atoms with E-state index in [2.05, 4.69) is 19.9 Å². The third-order valence-corrected chi connectivity index (χ3v) is 9.33. The predicted molar refractivity (Wildman–Crippen MR) is 136 cm³/mol. The monoisotopic (exact) mass is 530 g/mol. The second kappa shape index (κ2) is 10.4. The number of carbonyl (C=O) groups excluding carboxylic acids is 2. The molecule has 2 N–H and O–H groups in total. The minimum Gasteiger partial charge on any atom is -0.462 e. The van der Waals surface area contributed by atoms with Gasteiger partial charge in [-0.25, -0.2) is 9.59 Å². The largest absolute Gasteiger partial charge is 0.462 e. The number of esters is 2. The van der Waals surface area contributed by atoms with Gasteiger partial charge >= 0.3 is 11.9 Å². The van der Waals surface area contributed by atoms with E-state index in [0.29, 0.717) is 31.4 Å². The molecule has 3 fully saturated rings. The standard InChI is InChI=1S/C29H38O9/c1-18-8-10-28-16-35-26(33)13-20(15-30)9-11-34-21(19(2)31)6-4-5-7-25(32)38-22-14-24(37-23(28)12-18)29(17-36-29)27(22,28)3/h4-7,12-13,19,21-24,30-31H,8-11,14-17H2,1-3H3/t19-,21-,22-,23-,24-,27-,28-,29+/m1/s1. The lowest BCUT2D eigenvalue weighted by atomic mass is 9.51. The maximum Gasteiger partial charge on any atom is 0.331 e. The first-order chi connectivity index (χ1) is 18.1. The average molecular weight is 531 g/mol. The molecule has 2 aliphatic carbocycles. The van der Waals surface area contributed by atoms with Crippen molar-refractivity contribution < 1.29 is 43.5 Å². The maximum atomic E-state index is 13.0. The zero-order valence-electron chi connectivity index (χ0n) is 22.3. The molecule has 1 saturated carbocycles. The second-order valence-electron chi connectivity index (χ2n) is 11.4. The van der Waals surface area contributed by atoms with Crippen LogP contribution < -0.4 is 0 Å². The lowest BCUT2D eigenvalue weighted by molar-refractivity contribution is -0.232. The summed E-state index contributed by atoms with van der Waals surface area (Å²) in [6.07, 6.45) is 9.45. The molecule has 5 rings (SSSR count). The Kier molecular flexibility index (Phi) is 7.43. The Balaban J connectivity index is 1.52. The molecule has 0 unspecified atom stereocenters. The van der Waals surface area contributed by atoms with Crippen molar-refractivity contribution in [3.05, 3.63) is 47.6 Å². The number of ether oxygens (including phenoxy) is 5. The van der Waals surface area contributed by atoms with Crippen molar-refractivity contribution in [1.29, 1.82) is 0 Å². The van der Waals surface area contributed by atoms with Crippen molar-refractivity contribution in [3.63, 3.8) is 0 Å². The van der Waals surface area contributed by atoms with Gasteiger partial charge < -0.3 is 33.9 Å². The fourth-order valence-electron chi connectivity index (χ4n) is 6.91. The Morgan fingerprint density at radius 1 is 1.13 bits per heavy atom. The van der Waals surface area contributed by atoms with Gasteiger partial charge in [-0.15, -0.1) is 0 Å². The number of allylic oxidation sites excluding steroid dienone is 3. The third-order valence-electron chi connectivity index (χ3n) is 9.33. The van der Waals surface area contributed by atoms with Crippen LogP contribution in [-0.4, -0.2) is 84.7 Å². The molecular weight excluding hydrogens is 492 g/mol. The number of hydrogen-bond acceptors (Lipinski definition) is 9. The van der Waals surface area contributed by atoms with Crippen LogP contribution in [0, 0.1) is 10.8 Å². The van der Waals surface area contributed by atoms with Gasteiger partial charge in [0.05, 0.1) is 43.5 Å². The van der Waals surface area contributed by atoms with Gasteiger partial charge in [-0.1, -0.05) is 36.8 Å². The SMILES string of the molecule is CC1=C[C@H]2O[C@@H]3C[C@H]4OC(=O)C=CC=C[C@H]([C@@H](C)O)OCCC(CO)=CC(=O)OC[C@@]2(CC1)[C@]4(C)[C@]31CO1. The van der Waals surface area contributed by atoms with E-state index in [4.69, 9.17) is 23.7 Å². The van der Waals surface area contributed by atoms with Crippen LogP contribution in [0.5, 0.6) is 0 Å². The fourth-order valence-corrected chi connectivity index (χ4v) is 6.91. The van der Waals surface area contributed by atoms with E-state index < -0.39 is 46.7 Å². The molecule has 9 nitrogen and oxygen atoms in total. The molecule has 0 radical (unpaired) electrons. The van der Waals surface area contributed by atoms with Crippen LogP contribution in [0.3, 0.4) is 0 Å². The molecule has 0 amide bonds. The Labute approximate surface area is 223 Å². The van der Waals surface area contributed by atoms with E-state index in [1.54, 1.807) is 25.2 Å². The molecule has 0 aromatic rings. The normalized spacial score (nSPS) is 42.2. The minimum atomic E-state index is -0.798. The van der Waals surface area contributed by atoms with Crippen LogP contribution in [0.25, 0.3) is 0 Å². The van der Waals surface area contributed by atoms with E-state index in [0.717, 1.165) is 6.42 Å². The van der Waals surface area contributed by atoms with Crippen molar-refractivity contribution in [2.24, 2.45) is 10.8 Å². The molecule has 3 heterocycles. The van der Waals surface area contributed by atoms with Gasteiger partial charge in [-0.05, 0) is 38.7 Å². The topological polar surface area (TPSA) is 124 Å². The Morgan fingerprint density at radius 2 is 1.92 bits per heavy atom. The summed E-state index contributed by atoms with van der Waals surface area (Å²) in [7, 11) is 0. The van der Waals surface area contributed by atoms with Gasteiger partial charge in [0.2, 0.25) is 0 Å². The average Bonchev–Trinajstić information content (AvgIpc) is 3.66. The lowest BCUT2D eigenvalue weighted by Crippen LogP contribution is -2.66. The summed E-state index contributed by atoms with van der Waals surface area (Å²) in [5.74, 6) is -1.05. The van der Waals surface area contributed by atoms with E-state index >= 15 is 0 Å². The number of rotatable bonds is 2. The van der Waals surface area contributed by atoms with Crippen molar-refractivity contribution in [1.82, 2.24) is 0 Å². The molecule has 0 aromatic heterocycles. The van der Waals surface area contributed by atoms with Crippen molar-refractivity contribution in [2.75, 3.05) is 26.4 Å². The summed E-state index contributed by atoms with van der Waals surface area (Å²) in [6, 6.07) is 0. The fraction of sp³-hybridized carbons (Fsp3) is 0.655. The molecular formula is C29H38O9. The van der Waals surface area contributed by atoms with E-state index in [-0.39, 0.29) is 32.0 Å². The van der Waals surface area contributed by atoms with Crippen molar-refractivity contribution in [3.8, 4) is 0 Å². The van der Waals surface area contributed by atoms with Crippen molar-refractivity contribution in [2.45, 2.75) is 82.6 Å². The van der Waals surface area contributed by atoms with Crippen LogP contribution in [0.1, 0.15) is 46.5 Å². The molecule has 38 heavy (non-hydrogen) atoms. The van der Waals surface area contributed by atoms with Gasteiger partial charge in [0.25, 0.3) is 0 Å². The Morgan fingerprint density at radius 3 is 2.63 bits per heavy atom. The molecule has 9 heteroatoms. The van der Waals surface area contributed by atoms with Crippen molar-refractivity contribution >= 4 is 11.9 Å². The lowest BCUT2D eigenvalue weighted by Gasteiger charge is -2.58. The summed E-state index contributed by atoms with van der Waals surface area (Å²) in [5.41, 5.74) is -0.225. The van der Waals surface area contributed by atoms with E-state index in [9.17, 15) is 19.8 Å². The zero-order chi connectivity index (χ0) is 27.1. The molecule has 208 valence electrons. The molecule has 5 aliphatic rings. The summed E-state index contributed by atoms with van der Waals surface area (Å²) < 4.78 is 30.4. The van der Waals surface area contributed by atoms with Gasteiger partial charge in [-0.3, -0.25) is 0 Å². The summed E-state index contributed by atoms with van der Waals surface area (Å²) >= 11 is 0. The molecule has 3 aliphatic heterocycles. The molecule has 2 spiro atoms. The molecule has 0 aromatic carbocycles. The first-order valence-electron chi connectivity index (χ1n) is 13.4. The second-order valence-corrected chi connectivity index (χ2v) is 11.4. The molecule has 8 atom stereocenters. The summed E-state index contributed by atoms with van der Waals surface area (Å²) in [6.45, 7) is 6.19. The van der Waals surface area contributed by atoms with Crippen LogP contribution in [0.4, 0.5) is 0 Å². The molecule has 2 bridgehead atoms. The number of epoxide rings is 1. The Bertz CT molecular complexity index is 1070. The first-order valence-corrected chi connectivity index (χ1v) is 13.4. The highest BCUT2D eigenvalue weighted by Gasteiger charge is 2.83. The van der Waals surface area contributed by atoms with Crippen LogP contribution in [-0.2, 0) is 33.3 Å². The molecule has 2 saturated heterocycles. The van der Waals surface area contributed by atoms with Crippen LogP contribution >= 0.6 is 0 Å². The zero-order valence-corrected chi connectivity index (χ0v) is 22.3. The maximum absolute atomic E-state index is 13.0. The highest BCUT2D eigenvalue weighted by atomic mass is 16.6. The van der Waals surface area contributed by atoms with Crippen LogP contribution in [0.15, 0.2) is 47.6 Å². The van der Waals surface area contributed by atoms with Crippen LogP contribution in [0.2, 0.25) is 0 Å². The number of aliphatic hydroxyl groups excluding tert-OH is 2. The predicted octanol–water partition coefficient (Wildman–Crippen LogP) is 2.32. The smallest absolute Gasteiger partial charge is 0.331 e.